The molecule has 0 bridgehead atoms. The van der Waals surface area contributed by atoms with E-state index < -0.39 is 6.04 Å². The third kappa shape index (κ3) is 3.99. The molecule has 4 rings (SSSR count). The molecule has 3 atom stereocenters. The highest BCUT2D eigenvalue weighted by atomic mass is 16.2. The first-order valence-electron chi connectivity index (χ1n) is 10.0. The SMILES string of the molecule is N#CC(NC(=O)C1CCCCC1NC(=O)c1cnc2ccccc2c1)C1CC1. The van der Waals surface area contributed by atoms with Gasteiger partial charge < -0.3 is 10.6 Å². The fourth-order valence-electron chi connectivity index (χ4n) is 4.01. The van der Waals surface area contributed by atoms with E-state index in [0.717, 1.165) is 49.4 Å². The summed E-state index contributed by atoms with van der Waals surface area (Å²) in [5, 5.41) is 16.1. The van der Waals surface area contributed by atoms with Crippen LogP contribution < -0.4 is 10.6 Å². The van der Waals surface area contributed by atoms with Crippen LogP contribution in [0.3, 0.4) is 0 Å². The zero-order valence-electron chi connectivity index (χ0n) is 15.7. The van der Waals surface area contributed by atoms with Gasteiger partial charge in [0.15, 0.2) is 0 Å². The predicted molar refractivity (Wildman–Crippen MR) is 105 cm³/mol. The van der Waals surface area contributed by atoms with Crippen LogP contribution in [0.2, 0.25) is 0 Å². The van der Waals surface area contributed by atoms with Crippen molar-refractivity contribution in [3.8, 4) is 6.07 Å². The molecule has 0 saturated heterocycles. The average Bonchev–Trinajstić information content (AvgIpc) is 3.57. The Balaban J connectivity index is 1.45. The van der Waals surface area contributed by atoms with Gasteiger partial charge in [0.2, 0.25) is 5.91 Å². The Morgan fingerprint density at radius 3 is 2.71 bits per heavy atom. The summed E-state index contributed by atoms with van der Waals surface area (Å²) in [6.45, 7) is 0. The van der Waals surface area contributed by atoms with Crippen LogP contribution in [0.4, 0.5) is 0 Å². The Labute approximate surface area is 164 Å². The van der Waals surface area contributed by atoms with Gasteiger partial charge in [0.25, 0.3) is 5.91 Å². The molecule has 1 aromatic heterocycles. The molecule has 2 aliphatic rings. The molecule has 144 valence electrons. The number of carbonyl (C=O) groups is 2. The second kappa shape index (κ2) is 7.97. The van der Waals surface area contributed by atoms with Crippen molar-refractivity contribution in [3.63, 3.8) is 0 Å². The first kappa shape index (κ1) is 18.4. The topological polar surface area (TPSA) is 94.9 Å². The van der Waals surface area contributed by atoms with Gasteiger partial charge in [0.1, 0.15) is 6.04 Å². The Morgan fingerprint density at radius 2 is 1.93 bits per heavy atom. The van der Waals surface area contributed by atoms with Crippen LogP contribution >= 0.6 is 0 Å². The van der Waals surface area contributed by atoms with Gasteiger partial charge in [-0.1, -0.05) is 31.0 Å². The van der Waals surface area contributed by atoms with E-state index in [0.29, 0.717) is 5.56 Å². The molecular formula is C22H24N4O2. The normalized spacial score (nSPS) is 22.8. The number of para-hydroxylation sites is 1. The molecule has 28 heavy (non-hydrogen) atoms. The van der Waals surface area contributed by atoms with Crippen LogP contribution in [0.1, 0.15) is 48.9 Å². The summed E-state index contributed by atoms with van der Waals surface area (Å²) in [4.78, 5) is 29.9. The summed E-state index contributed by atoms with van der Waals surface area (Å²) in [6, 6.07) is 11.1. The van der Waals surface area contributed by atoms with Crippen molar-refractivity contribution in [3.05, 3.63) is 42.1 Å². The first-order valence-corrected chi connectivity index (χ1v) is 10.0. The molecule has 3 unspecified atom stereocenters. The lowest BCUT2D eigenvalue weighted by atomic mass is 9.83. The number of hydrogen-bond acceptors (Lipinski definition) is 4. The molecule has 2 N–H and O–H groups in total. The maximum atomic E-state index is 12.8. The minimum absolute atomic E-state index is 0.111. The van der Waals surface area contributed by atoms with Crippen LogP contribution in [0, 0.1) is 23.2 Å². The Kier molecular flexibility index (Phi) is 5.25. The minimum atomic E-state index is -0.407. The van der Waals surface area contributed by atoms with Gasteiger partial charge in [-0.25, -0.2) is 0 Å². The number of nitriles is 1. The monoisotopic (exact) mass is 376 g/mol. The average molecular weight is 376 g/mol. The molecule has 0 radical (unpaired) electrons. The number of carbonyl (C=O) groups excluding carboxylic acids is 2. The lowest BCUT2D eigenvalue weighted by Crippen LogP contribution is -2.50. The molecule has 2 amide bonds. The molecule has 2 saturated carbocycles. The van der Waals surface area contributed by atoms with Crippen molar-refractivity contribution < 1.29 is 9.59 Å². The van der Waals surface area contributed by atoms with E-state index in [1.54, 1.807) is 6.20 Å². The molecule has 6 nitrogen and oxygen atoms in total. The molecule has 1 heterocycles. The highest BCUT2D eigenvalue weighted by Gasteiger charge is 2.37. The zero-order chi connectivity index (χ0) is 19.5. The third-order valence-corrected chi connectivity index (χ3v) is 5.80. The first-order chi connectivity index (χ1) is 13.7. The zero-order valence-corrected chi connectivity index (χ0v) is 15.7. The number of nitrogens with one attached hydrogen (secondary N) is 2. The second-order valence-electron chi connectivity index (χ2n) is 7.84. The van der Waals surface area contributed by atoms with Crippen molar-refractivity contribution in [2.45, 2.75) is 50.6 Å². The summed E-state index contributed by atoms with van der Waals surface area (Å²) >= 11 is 0. The predicted octanol–water partition coefficient (Wildman–Crippen LogP) is 2.94. The van der Waals surface area contributed by atoms with Crippen molar-refractivity contribution in [2.24, 2.45) is 11.8 Å². The van der Waals surface area contributed by atoms with Gasteiger partial charge in [-0.2, -0.15) is 5.26 Å². The molecule has 1 aromatic carbocycles. The van der Waals surface area contributed by atoms with Crippen LogP contribution in [0.5, 0.6) is 0 Å². The van der Waals surface area contributed by atoms with E-state index in [1.165, 1.54) is 0 Å². The van der Waals surface area contributed by atoms with Crippen LogP contribution in [0.25, 0.3) is 10.9 Å². The Morgan fingerprint density at radius 1 is 1.14 bits per heavy atom. The number of benzene rings is 1. The number of fused-ring (bicyclic) bond motifs is 1. The maximum absolute atomic E-state index is 12.8. The summed E-state index contributed by atoms with van der Waals surface area (Å²) in [7, 11) is 0. The summed E-state index contributed by atoms with van der Waals surface area (Å²) < 4.78 is 0. The molecular weight excluding hydrogens is 352 g/mol. The summed E-state index contributed by atoms with van der Waals surface area (Å²) in [6.07, 6.45) is 7.02. The van der Waals surface area contributed by atoms with Crippen molar-refractivity contribution in [1.29, 1.82) is 5.26 Å². The van der Waals surface area contributed by atoms with Gasteiger partial charge in [0, 0.05) is 17.6 Å². The van der Waals surface area contributed by atoms with Gasteiger partial charge in [-0.3, -0.25) is 14.6 Å². The quantitative estimate of drug-likeness (QED) is 0.839. The minimum Gasteiger partial charge on any atom is -0.348 e. The Hall–Kier alpha value is -2.94. The smallest absolute Gasteiger partial charge is 0.253 e. The van der Waals surface area contributed by atoms with Crippen LogP contribution in [0.15, 0.2) is 36.5 Å². The number of rotatable bonds is 5. The van der Waals surface area contributed by atoms with Gasteiger partial charge >= 0.3 is 0 Å². The largest absolute Gasteiger partial charge is 0.348 e. The number of pyridine rings is 1. The highest BCUT2D eigenvalue weighted by molar-refractivity contribution is 5.97. The molecule has 2 fully saturated rings. The van der Waals surface area contributed by atoms with Crippen molar-refractivity contribution in [2.75, 3.05) is 0 Å². The molecule has 0 spiro atoms. The van der Waals surface area contributed by atoms with Crippen molar-refractivity contribution in [1.82, 2.24) is 15.6 Å². The van der Waals surface area contributed by atoms with E-state index >= 15 is 0 Å². The van der Waals surface area contributed by atoms with E-state index in [2.05, 4.69) is 21.7 Å². The number of amides is 2. The Bertz CT molecular complexity index is 932. The molecule has 0 aliphatic heterocycles. The lowest BCUT2D eigenvalue weighted by Gasteiger charge is -2.31. The standard InChI is InChI=1S/C22H24N4O2/c23-12-20(14-9-10-14)26-22(28)17-6-2-4-8-19(17)25-21(27)16-11-15-5-1-3-7-18(15)24-13-16/h1,3,5,7,11,13-14,17,19-20H,2,4,6,8-10H2,(H,25,27)(H,26,28). The maximum Gasteiger partial charge on any atom is 0.253 e. The number of nitrogens with zero attached hydrogens (tertiary/aromatic N) is 2. The lowest BCUT2D eigenvalue weighted by molar-refractivity contribution is -0.127. The molecule has 2 aliphatic carbocycles. The van der Waals surface area contributed by atoms with Gasteiger partial charge in [-0.05, 0) is 43.7 Å². The van der Waals surface area contributed by atoms with Crippen LogP contribution in [-0.4, -0.2) is 28.9 Å². The van der Waals surface area contributed by atoms with Gasteiger partial charge in [-0.15, -0.1) is 0 Å². The fraction of sp³-hybridized carbons (Fsp3) is 0.455. The number of hydrogen-bond donors (Lipinski definition) is 2. The van der Waals surface area contributed by atoms with Gasteiger partial charge in [0.05, 0.1) is 23.1 Å². The third-order valence-electron chi connectivity index (χ3n) is 5.80. The van der Waals surface area contributed by atoms with E-state index in [1.807, 2.05) is 30.3 Å². The van der Waals surface area contributed by atoms with E-state index in [9.17, 15) is 14.9 Å². The summed E-state index contributed by atoms with van der Waals surface area (Å²) in [5.74, 6) is -0.322. The van der Waals surface area contributed by atoms with Crippen molar-refractivity contribution >= 4 is 22.7 Å². The van der Waals surface area contributed by atoms with E-state index in [-0.39, 0.29) is 29.7 Å². The number of aromatic nitrogens is 1. The van der Waals surface area contributed by atoms with E-state index in [4.69, 9.17) is 0 Å². The van der Waals surface area contributed by atoms with Crippen LogP contribution in [-0.2, 0) is 4.79 Å². The highest BCUT2D eigenvalue weighted by Crippen LogP contribution is 2.33. The molecule has 2 aromatic rings. The summed E-state index contributed by atoms with van der Waals surface area (Å²) in [5.41, 5.74) is 1.34. The molecule has 6 heteroatoms. The second-order valence-corrected chi connectivity index (χ2v) is 7.84. The fourth-order valence-corrected chi connectivity index (χ4v) is 4.01.